The highest BCUT2D eigenvalue weighted by molar-refractivity contribution is 6.30. The third-order valence-electron chi connectivity index (χ3n) is 2.80. The molecule has 106 valence electrons. The second-order valence-corrected chi connectivity index (χ2v) is 4.70. The van der Waals surface area contributed by atoms with Gasteiger partial charge in [0, 0.05) is 18.1 Å². The molecule has 0 aliphatic heterocycles. The van der Waals surface area contributed by atoms with Crippen LogP contribution < -0.4 is 10.9 Å². The third kappa shape index (κ3) is 3.46. The third-order valence-corrected chi connectivity index (χ3v) is 3.05. The van der Waals surface area contributed by atoms with Gasteiger partial charge >= 0.3 is 0 Å². The molecule has 1 amide bonds. The second-order valence-electron chi connectivity index (χ2n) is 4.27. The topological polar surface area (TPSA) is 87.8 Å². The van der Waals surface area contributed by atoms with Crippen molar-refractivity contribution in [3.63, 3.8) is 0 Å². The van der Waals surface area contributed by atoms with Crippen LogP contribution in [-0.2, 0) is 7.05 Å². The van der Waals surface area contributed by atoms with E-state index in [-0.39, 0.29) is 11.3 Å². The number of carbonyl (C=O) groups excluding carboxylic acids is 1. The zero-order valence-electron chi connectivity index (χ0n) is 11.1. The fraction of sp³-hybridized carbons (Fsp3) is 0.143. The Morgan fingerprint density at radius 2 is 2.00 bits per heavy atom. The van der Waals surface area contributed by atoms with Gasteiger partial charge in [-0.15, -0.1) is 0 Å². The van der Waals surface area contributed by atoms with Crippen molar-refractivity contribution in [2.45, 2.75) is 6.04 Å². The average molecular weight is 303 g/mol. The van der Waals surface area contributed by atoms with Gasteiger partial charge in [-0.3, -0.25) is 9.59 Å². The first kappa shape index (κ1) is 14.8. The normalized spacial score (nSPS) is 11.5. The number of hydrogen-bond acceptors (Lipinski definition) is 4. The van der Waals surface area contributed by atoms with E-state index in [4.69, 9.17) is 16.9 Å². The van der Waals surface area contributed by atoms with Gasteiger partial charge in [0.2, 0.25) is 0 Å². The Morgan fingerprint density at radius 3 is 2.57 bits per heavy atom. The largest absolute Gasteiger partial charge is 0.331 e. The molecule has 1 aromatic heterocycles. The van der Waals surface area contributed by atoms with E-state index < -0.39 is 11.9 Å². The van der Waals surface area contributed by atoms with Crippen LogP contribution in [0.25, 0.3) is 0 Å². The fourth-order valence-corrected chi connectivity index (χ4v) is 1.80. The molecule has 1 atom stereocenters. The van der Waals surface area contributed by atoms with Crippen LogP contribution in [0.3, 0.4) is 0 Å². The number of hydrogen-bond donors (Lipinski definition) is 1. The highest BCUT2D eigenvalue weighted by Crippen LogP contribution is 2.16. The highest BCUT2D eigenvalue weighted by Gasteiger charge is 2.16. The number of aryl methyl sites for hydroxylation is 1. The number of benzene rings is 1. The van der Waals surface area contributed by atoms with Crippen molar-refractivity contribution in [1.29, 1.82) is 5.26 Å². The van der Waals surface area contributed by atoms with Crippen LogP contribution in [0.1, 0.15) is 22.1 Å². The minimum Gasteiger partial charge on any atom is -0.331 e. The maximum atomic E-state index is 12.1. The van der Waals surface area contributed by atoms with Crippen molar-refractivity contribution >= 4 is 17.5 Å². The van der Waals surface area contributed by atoms with Crippen molar-refractivity contribution < 1.29 is 4.79 Å². The van der Waals surface area contributed by atoms with Crippen molar-refractivity contribution in [3.05, 3.63) is 63.0 Å². The summed E-state index contributed by atoms with van der Waals surface area (Å²) in [6, 6.07) is 10.3. The summed E-state index contributed by atoms with van der Waals surface area (Å²) in [5, 5.41) is 16.1. The van der Waals surface area contributed by atoms with E-state index in [2.05, 4.69) is 10.4 Å². The van der Waals surface area contributed by atoms with E-state index in [0.717, 1.165) is 4.68 Å². The summed E-state index contributed by atoms with van der Waals surface area (Å²) in [6.07, 6.45) is 0. The van der Waals surface area contributed by atoms with E-state index in [1.807, 2.05) is 6.07 Å². The van der Waals surface area contributed by atoms with Gasteiger partial charge in [-0.1, -0.05) is 23.7 Å². The summed E-state index contributed by atoms with van der Waals surface area (Å²) in [7, 11) is 1.44. The van der Waals surface area contributed by atoms with E-state index >= 15 is 0 Å². The number of nitrogens with one attached hydrogen (secondary N) is 1. The lowest BCUT2D eigenvalue weighted by Crippen LogP contribution is -2.30. The molecule has 0 saturated heterocycles. The minimum absolute atomic E-state index is 0.0614. The maximum absolute atomic E-state index is 12.1. The lowest BCUT2D eigenvalue weighted by Gasteiger charge is -2.11. The molecule has 0 bridgehead atoms. The monoisotopic (exact) mass is 302 g/mol. The number of nitrogens with zero attached hydrogens (tertiary/aromatic N) is 3. The van der Waals surface area contributed by atoms with Gasteiger partial charge in [0.1, 0.15) is 11.7 Å². The lowest BCUT2D eigenvalue weighted by molar-refractivity contribution is 0.0938. The van der Waals surface area contributed by atoms with Crippen molar-refractivity contribution in [2.24, 2.45) is 7.05 Å². The Hall–Kier alpha value is -2.65. The van der Waals surface area contributed by atoms with E-state index in [9.17, 15) is 9.59 Å². The van der Waals surface area contributed by atoms with Gasteiger partial charge in [0.15, 0.2) is 0 Å². The van der Waals surface area contributed by atoms with Crippen molar-refractivity contribution in [3.8, 4) is 6.07 Å². The maximum Gasteiger partial charge on any atom is 0.273 e. The first-order chi connectivity index (χ1) is 10.0. The molecule has 0 saturated carbocycles. The SMILES string of the molecule is Cn1nc(C(=O)N[C@@H](C#N)c2ccc(Cl)cc2)ccc1=O. The molecule has 0 aliphatic carbocycles. The molecule has 2 rings (SSSR count). The molecule has 7 heteroatoms. The number of nitriles is 1. The van der Waals surface area contributed by atoms with Crippen LogP contribution in [0.5, 0.6) is 0 Å². The van der Waals surface area contributed by atoms with Crippen LogP contribution in [0.2, 0.25) is 5.02 Å². The number of rotatable bonds is 3. The number of amides is 1. The second kappa shape index (κ2) is 6.20. The van der Waals surface area contributed by atoms with Crippen molar-refractivity contribution in [1.82, 2.24) is 15.1 Å². The molecule has 6 nitrogen and oxygen atoms in total. The summed E-state index contributed by atoms with van der Waals surface area (Å²) >= 11 is 5.78. The molecular weight excluding hydrogens is 292 g/mol. The summed E-state index contributed by atoms with van der Waals surface area (Å²) in [5.41, 5.74) is 0.354. The lowest BCUT2D eigenvalue weighted by atomic mass is 10.1. The van der Waals surface area contributed by atoms with Crippen LogP contribution in [0, 0.1) is 11.3 Å². The first-order valence-corrected chi connectivity index (χ1v) is 6.39. The molecule has 0 spiro atoms. The van der Waals surface area contributed by atoms with Crippen molar-refractivity contribution in [2.75, 3.05) is 0 Å². The molecule has 0 unspecified atom stereocenters. The highest BCUT2D eigenvalue weighted by atomic mass is 35.5. The molecule has 0 radical (unpaired) electrons. The number of halogens is 1. The molecular formula is C14H11ClN4O2. The smallest absolute Gasteiger partial charge is 0.273 e. The van der Waals surface area contributed by atoms with E-state index in [1.54, 1.807) is 24.3 Å². The van der Waals surface area contributed by atoms with Crippen LogP contribution in [0.15, 0.2) is 41.2 Å². The van der Waals surface area contributed by atoms with Gasteiger partial charge in [-0.2, -0.15) is 10.4 Å². The van der Waals surface area contributed by atoms with Crippen LogP contribution >= 0.6 is 11.6 Å². The minimum atomic E-state index is -0.825. The zero-order valence-corrected chi connectivity index (χ0v) is 11.8. The summed E-state index contributed by atoms with van der Waals surface area (Å²) in [4.78, 5) is 23.3. The van der Waals surface area contributed by atoms with Gasteiger partial charge in [0.25, 0.3) is 11.5 Å². The predicted molar refractivity (Wildman–Crippen MR) is 76.8 cm³/mol. The first-order valence-electron chi connectivity index (χ1n) is 6.01. The molecule has 2 aromatic rings. The standard InChI is InChI=1S/C14H11ClN4O2/c1-19-13(20)7-6-11(18-19)14(21)17-12(8-16)9-2-4-10(15)5-3-9/h2-7,12H,1H3,(H,17,21)/t12-/m0/s1. The van der Waals surface area contributed by atoms with Crippen LogP contribution in [-0.4, -0.2) is 15.7 Å². The molecule has 1 heterocycles. The van der Waals surface area contributed by atoms with Crippen LogP contribution in [0.4, 0.5) is 0 Å². The van der Waals surface area contributed by atoms with E-state index in [0.29, 0.717) is 10.6 Å². The quantitative estimate of drug-likeness (QED) is 0.929. The van der Waals surface area contributed by atoms with Gasteiger partial charge in [-0.25, -0.2) is 4.68 Å². The van der Waals surface area contributed by atoms with E-state index in [1.165, 1.54) is 19.2 Å². The zero-order chi connectivity index (χ0) is 15.4. The Morgan fingerprint density at radius 1 is 1.33 bits per heavy atom. The Balaban J connectivity index is 2.20. The summed E-state index contributed by atoms with van der Waals surface area (Å²) in [6.45, 7) is 0. The average Bonchev–Trinajstić information content (AvgIpc) is 2.48. The Kier molecular flexibility index (Phi) is 4.36. The summed E-state index contributed by atoms with van der Waals surface area (Å²) in [5.74, 6) is -0.535. The summed E-state index contributed by atoms with van der Waals surface area (Å²) < 4.78 is 1.05. The molecule has 1 aromatic carbocycles. The van der Waals surface area contributed by atoms with Gasteiger partial charge < -0.3 is 5.32 Å². The molecule has 0 aliphatic rings. The molecule has 0 fully saturated rings. The fourth-order valence-electron chi connectivity index (χ4n) is 1.67. The van der Waals surface area contributed by atoms with Gasteiger partial charge in [0.05, 0.1) is 6.07 Å². The molecule has 21 heavy (non-hydrogen) atoms. The number of aromatic nitrogens is 2. The molecule has 1 N–H and O–H groups in total. The van der Waals surface area contributed by atoms with Gasteiger partial charge in [-0.05, 0) is 23.8 Å². The predicted octanol–water partition coefficient (Wildman–Crippen LogP) is 1.43. The Labute approximate surface area is 125 Å². The Bertz CT molecular complexity index is 762. The number of carbonyl (C=O) groups is 1.